The third-order valence-electron chi connectivity index (χ3n) is 4.96. The molecule has 1 aliphatic heterocycles. The zero-order valence-corrected chi connectivity index (χ0v) is 16.0. The summed E-state index contributed by atoms with van der Waals surface area (Å²) in [5.74, 6) is 1.49. The van der Waals surface area contributed by atoms with E-state index in [1.165, 1.54) is 16.0 Å². The number of fused-ring (bicyclic) bond motifs is 1. The van der Waals surface area contributed by atoms with Gasteiger partial charge in [0.2, 0.25) is 0 Å². The fourth-order valence-electron chi connectivity index (χ4n) is 3.33. The lowest BCUT2D eigenvalue weighted by Crippen LogP contribution is -3.16. The SMILES string of the molecule is COc1cc2c(cc1OC)C[NH+]([C@H](C)C(=O)Nc1ccc(Cl)cc1)CC2. The molecule has 26 heavy (non-hydrogen) atoms. The Morgan fingerprint density at radius 1 is 1.12 bits per heavy atom. The normalized spacial score (nSPS) is 17.2. The lowest BCUT2D eigenvalue weighted by atomic mass is 9.97. The van der Waals surface area contributed by atoms with Crippen molar-refractivity contribution in [3.8, 4) is 11.5 Å². The number of nitrogens with one attached hydrogen (secondary N) is 2. The molecule has 1 unspecified atom stereocenters. The minimum Gasteiger partial charge on any atom is -0.493 e. The van der Waals surface area contributed by atoms with E-state index in [0.717, 1.165) is 36.7 Å². The van der Waals surface area contributed by atoms with Crippen LogP contribution in [-0.2, 0) is 17.8 Å². The highest BCUT2D eigenvalue weighted by molar-refractivity contribution is 6.30. The van der Waals surface area contributed by atoms with Gasteiger partial charge in [-0.1, -0.05) is 11.6 Å². The predicted octanol–water partition coefficient (Wildman–Crippen LogP) is 2.33. The van der Waals surface area contributed by atoms with Crippen LogP contribution < -0.4 is 19.7 Å². The number of quaternary nitrogens is 1. The third-order valence-corrected chi connectivity index (χ3v) is 5.21. The van der Waals surface area contributed by atoms with E-state index >= 15 is 0 Å². The van der Waals surface area contributed by atoms with Crippen molar-refractivity contribution in [3.63, 3.8) is 0 Å². The maximum atomic E-state index is 12.6. The van der Waals surface area contributed by atoms with Gasteiger partial charge in [0, 0.05) is 22.7 Å². The second-order valence-electron chi connectivity index (χ2n) is 6.53. The Labute approximate surface area is 158 Å². The van der Waals surface area contributed by atoms with Crippen molar-refractivity contribution in [1.82, 2.24) is 0 Å². The van der Waals surface area contributed by atoms with Crippen LogP contribution in [0.15, 0.2) is 36.4 Å². The molecule has 2 aromatic rings. The maximum Gasteiger partial charge on any atom is 0.282 e. The molecule has 6 heteroatoms. The van der Waals surface area contributed by atoms with Crippen LogP contribution in [0.3, 0.4) is 0 Å². The number of hydrogen-bond donors (Lipinski definition) is 2. The fourth-order valence-corrected chi connectivity index (χ4v) is 3.45. The summed E-state index contributed by atoms with van der Waals surface area (Å²) in [6.45, 7) is 3.65. The molecule has 0 bridgehead atoms. The van der Waals surface area contributed by atoms with Gasteiger partial charge in [0.1, 0.15) is 6.54 Å². The third kappa shape index (κ3) is 3.94. The van der Waals surface area contributed by atoms with E-state index in [4.69, 9.17) is 21.1 Å². The minimum absolute atomic E-state index is 0.00579. The molecule has 1 amide bonds. The second-order valence-corrected chi connectivity index (χ2v) is 6.97. The summed E-state index contributed by atoms with van der Waals surface area (Å²) in [6, 6.07) is 11.1. The van der Waals surface area contributed by atoms with Crippen LogP contribution in [0.5, 0.6) is 11.5 Å². The molecule has 5 nitrogen and oxygen atoms in total. The second kappa shape index (κ2) is 7.98. The summed E-state index contributed by atoms with van der Waals surface area (Å²) in [4.78, 5) is 13.9. The molecule has 1 aliphatic rings. The number of anilines is 1. The Kier molecular flexibility index (Phi) is 5.69. The standard InChI is InChI=1S/C20H23ClN2O3/c1-13(20(24)22-17-6-4-16(21)5-7-17)23-9-8-14-10-18(25-2)19(26-3)11-15(14)12-23/h4-7,10-11,13H,8-9,12H2,1-3H3,(H,22,24)/p+1/t13-/m1/s1. The van der Waals surface area contributed by atoms with Crippen LogP contribution in [0.25, 0.3) is 0 Å². The molecule has 2 atom stereocenters. The summed E-state index contributed by atoms with van der Waals surface area (Å²) in [7, 11) is 3.29. The number of methoxy groups -OCH3 is 2. The number of halogens is 1. The number of rotatable bonds is 5. The predicted molar refractivity (Wildman–Crippen MR) is 102 cm³/mol. The number of carbonyl (C=O) groups excluding carboxylic acids is 1. The lowest BCUT2D eigenvalue weighted by molar-refractivity contribution is -0.929. The smallest absolute Gasteiger partial charge is 0.282 e. The Morgan fingerprint density at radius 2 is 1.73 bits per heavy atom. The number of ether oxygens (including phenoxy) is 2. The van der Waals surface area contributed by atoms with Gasteiger partial charge in [-0.25, -0.2) is 0 Å². The van der Waals surface area contributed by atoms with E-state index in [1.54, 1.807) is 26.4 Å². The van der Waals surface area contributed by atoms with Crippen LogP contribution in [0.4, 0.5) is 5.69 Å². The van der Waals surface area contributed by atoms with Crippen molar-refractivity contribution in [2.45, 2.75) is 25.9 Å². The molecule has 0 saturated carbocycles. The number of benzene rings is 2. The van der Waals surface area contributed by atoms with Gasteiger partial charge in [-0.05, 0) is 48.9 Å². The van der Waals surface area contributed by atoms with Crippen LogP contribution in [-0.4, -0.2) is 32.7 Å². The number of carbonyl (C=O) groups is 1. The van der Waals surface area contributed by atoms with E-state index in [0.29, 0.717) is 5.02 Å². The molecule has 2 aromatic carbocycles. The highest BCUT2D eigenvalue weighted by atomic mass is 35.5. The molecule has 0 radical (unpaired) electrons. The van der Waals surface area contributed by atoms with Gasteiger partial charge in [0.25, 0.3) is 5.91 Å². The first-order valence-corrected chi connectivity index (χ1v) is 9.04. The van der Waals surface area contributed by atoms with Gasteiger partial charge in [-0.2, -0.15) is 0 Å². The Balaban J connectivity index is 1.71. The first-order valence-electron chi connectivity index (χ1n) is 8.66. The van der Waals surface area contributed by atoms with Gasteiger partial charge in [-0.15, -0.1) is 0 Å². The van der Waals surface area contributed by atoms with Gasteiger partial charge in [0.05, 0.1) is 20.8 Å². The van der Waals surface area contributed by atoms with E-state index < -0.39 is 0 Å². The molecule has 138 valence electrons. The molecule has 0 fully saturated rings. The molecule has 3 rings (SSSR count). The van der Waals surface area contributed by atoms with Crippen LogP contribution in [0.1, 0.15) is 18.1 Å². The van der Waals surface area contributed by atoms with Crippen molar-refractivity contribution >= 4 is 23.2 Å². The average molecular weight is 376 g/mol. The Hall–Kier alpha value is -2.24. The fraction of sp³-hybridized carbons (Fsp3) is 0.350. The summed E-state index contributed by atoms with van der Waals surface area (Å²) in [5, 5.41) is 3.62. The maximum absolute atomic E-state index is 12.6. The summed E-state index contributed by atoms with van der Waals surface area (Å²) < 4.78 is 10.8. The summed E-state index contributed by atoms with van der Waals surface area (Å²) in [6.07, 6.45) is 0.906. The van der Waals surface area contributed by atoms with Crippen LogP contribution >= 0.6 is 11.6 Å². The molecule has 0 aromatic heterocycles. The van der Waals surface area contributed by atoms with Gasteiger partial charge >= 0.3 is 0 Å². The average Bonchev–Trinajstić information content (AvgIpc) is 2.67. The van der Waals surface area contributed by atoms with Crippen molar-refractivity contribution in [3.05, 3.63) is 52.5 Å². The van der Waals surface area contributed by atoms with Crippen molar-refractivity contribution in [1.29, 1.82) is 0 Å². The van der Waals surface area contributed by atoms with Crippen molar-refractivity contribution in [2.24, 2.45) is 0 Å². The zero-order valence-electron chi connectivity index (χ0n) is 15.3. The topological polar surface area (TPSA) is 52.0 Å². The van der Waals surface area contributed by atoms with E-state index in [-0.39, 0.29) is 11.9 Å². The van der Waals surface area contributed by atoms with Gasteiger partial charge < -0.3 is 19.7 Å². The largest absolute Gasteiger partial charge is 0.493 e. The molecule has 0 spiro atoms. The molecule has 2 N–H and O–H groups in total. The highest BCUT2D eigenvalue weighted by Crippen LogP contribution is 2.31. The lowest BCUT2D eigenvalue weighted by Gasteiger charge is -2.30. The molecule has 1 heterocycles. The van der Waals surface area contributed by atoms with Crippen molar-refractivity contribution < 1.29 is 19.2 Å². The molecular weight excluding hydrogens is 352 g/mol. The van der Waals surface area contributed by atoms with E-state index in [2.05, 4.69) is 5.32 Å². The molecular formula is C20H24ClN2O3+. The Morgan fingerprint density at radius 3 is 2.35 bits per heavy atom. The quantitative estimate of drug-likeness (QED) is 0.843. The van der Waals surface area contributed by atoms with Crippen LogP contribution in [0, 0.1) is 0 Å². The molecule has 0 saturated heterocycles. The van der Waals surface area contributed by atoms with Gasteiger partial charge in [-0.3, -0.25) is 4.79 Å². The van der Waals surface area contributed by atoms with Crippen molar-refractivity contribution in [2.75, 3.05) is 26.1 Å². The van der Waals surface area contributed by atoms with Crippen LogP contribution in [0.2, 0.25) is 5.02 Å². The van der Waals surface area contributed by atoms with E-state index in [1.807, 2.05) is 31.2 Å². The van der Waals surface area contributed by atoms with Gasteiger partial charge in [0.15, 0.2) is 17.5 Å². The monoisotopic (exact) mass is 375 g/mol. The van der Waals surface area contributed by atoms with E-state index in [9.17, 15) is 4.79 Å². The zero-order chi connectivity index (χ0) is 18.7. The number of hydrogen-bond acceptors (Lipinski definition) is 3. The number of amides is 1. The summed E-state index contributed by atoms with van der Waals surface area (Å²) in [5.41, 5.74) is 3.22. The first-order chi connectivity index (χ1) is 12.5. The summed E-state index contributed by atoms with van der Waals surface area (Å²) >= 11 is 5.89. The first kappa shape index (κ1) is 18.5. The minimum atomic E-state index is -0.160. The Bertz CT molecular complexity index is 792. The molecule has 0 aliphatic carbocycles. The highest BCUT2D eigenvalue weighted by Gasteiger charge is 2.30.